The number of hydrogen-bond donors (Lipinski definition) is 1. The molecule has 2 aromatic rings. The monoisotopic (exact) mass is 326 g/mol. The maximum Gasteiger partial charge on any atom is 0.176 e. The Bertz CT molecular complexity index is 694. The molecule has 4 heteroatoms. The Morgan fingerprint density at radius 1 is 1.00 bits per heavy atom. The zero-order valence-electron chi connectivity index (χ0n) is 13.7. The first-order chi connectivity index (χ1) is 10.9. The summed E-state index contributed by atoms with van der Waals surface area (Å²) < 4.78 is 0. The molecular weight excluding hydrogens is 304 g/mol. The summed E-state index contributed by atoms with van der Waals surface area (Å²) in [5.41, 5.74) is 0.515. The molecule has 1 saturated heterocycles. The van der Waals surface area contributed by atoms with E-state index in [1.807, 2.05) is 65.6 Å². The molecule has 1 N–H and O–H groups in total. The van der Waals surface area contributed by atoms with Gasteiger partial charge in [-0.2, -0.15) is 0 Å². The van der Waals surface area contributed by atoms with E-state index in [-0.39, 0.29) is 5.54 Å². The molecular formula is C19H22N2OS. The summed E-state index contributed by atoms with van der Waals surface area (Å²) in [5.74, 6) is 0.569. The van der Waals surface area contributed by atoms with Gasteiger partial charge in [0.25, 0.3) is 0 Å². The summed E-state index contributed by atoms with van der Waals surface area (Å²) in [5, 5.41) is 12.3. The Morgan fingerprint density at radius 3 is 2.13 bits per heavy atom. The number of para-hydroxylation sites is 1. The van der Waals surface area contributed by atoms with E-state index in [9.17, 15) is 5.11 Å². The fraction of sp³-hybridized carbons (Fsp3) is 0.316. The minimum atomic E-state index is -1.04. The molecule has 0 bridgehead atoms. The summed E-state index contributed by atoms with van der Waals surface area (Å²) in [6.07, 6.45) is 0. The molecule has 1 aliphatic heterocycles. The maximum absolute atomic E-state index is 11.4. The Labute approximate surface area is 142 Å². The van der Waals surface area contributed by atoms with Crippen molar-refractivity contribution >= 4 is 22.6 Å². The molecule has 0 radical (unpaired) electrons. The highest BCUT2D eigenvalue weighted by molar-refractivity contribution is 8.14. The van der Waals surface area contributed by atoms with Crippen LogP contribution in [0.4, 0.5) is 5.69 Å². The Morgan fingerprint density at radius 2 is 1.57 bits per heavy atom. The molecule has 2 aromatic carbocycles. The van der Waals surface area contributed by atoms with E-state index in [1.54, 1.807) is 11.8 Å². The molecule has 3 nitrogen and oxygen atoms in total. The van der Waals surface area contributed by atoms with Gasteiger partial charge in [-0.3, -0.25) is 0 Å². The van der Waals surface area contributed by atoms with Gasteiger partial charge in [-0.25, -0.2) is 4.99 Å². The quantitative estimate of drug-likeness (QED) is 0.890. The van der Waals surface area contributed by atoms with E-state index in [4.69, 9.17) is 4.99 Å². The maximum atomic E-state index is 11.4. The number of nitrogens with zero attached hydrogens (tertiary/aromatic N) is 2. The minimum Gasteiger partial charge on any atom is -0.366 e. The highest BCUT2D eigenvalue weighted by Crippen LogP contribution is 2.44. The number of thioether (sulfide) groups is 1. The predicted octanol–water partition coefficient (Wildman–Crippen LogP) is 4.37. The van der Waals surface area contributed by atoms with Crippen LogP contribution in [0.2, 0.25) is 0 Å². The van der Waals surface area contributed by atoms with Crippen LogP contribution in [0.5, 0.6) is 0 Å². The number of rotatable bonds is 2. The molecule has 120 valence electrons. The average Bonchev–Trinajstić information content (AvgIpc) is 2.87. The second-order valence-electron chi connectivity index (χ2n) is 6.71. The lowest BCUT2D eigenvalue weighted by molar-refractivity contribution is -0.0853. The molecule has 0 unspecified atom stereocenters. The van der Waals surface area contributed by atoms with Crippen LogP contribution >= 0.6 is 11.8 Å². The van der Waals surface area contributed by atoms with Gasteiger partial charge in [0.15, 0.2) is 10.9 Å². The fourth-order valence-electron chi connectivity index (χ4n) is 2.91. The van der Waals surface area contributed by atoms with Crippen LogP contribution in [0.3, 0.4) is 0 Å². The van der Waals surface area contributed by atoms with Crippen LogP contribution in [0.1, 0.15) is 26.3 Å². The lowest BCUT2D eigenvalue weighted by atomic mass is 9.97. The summed E-state index contributed by atoms with van der Waals surface area (Å²) in [4.78, 5) is 6.81. The topological polar surface area (TPSA) is 35.8 Å². The van der Waals surface area contributed by atoms with Crippen molar-refractivity contribution in [2.24, 2.45) is 4.99 Å². The second-order valence-corrected chi connectivity index (χ2v) is 7.65. The van der Waals surface area contributed by atoms with Crippen molar-refractivity contribution in [3.05, 3.63) is 66.2 Å². The first-order valence-electron chi connectivity index (χ1n) is 7.76. The third-order valence-electron chi connectivity index (χ3n) is 3.85. The zero-order valence-corrected chi connectivity index (χ0v) is 14.5. The molecule has 3 rings (SSSR count). The smallest absolute Gasteiger partial charge is 0.176 e. The molecule has 1 fully saturated rings. The van der Waals surface area contributed by atoms with Gasteiger partial charge in [-0.1, -0.05) is 60.3 Å². The third-order valence-corrected chi connectivity index (χ3v) is 4.93. The number of hydrogen-bond acceptors (Lipinski definition) is 3. The Balaban J connectivity index is 2.06. The van der Waals surface area contributed by atoms with E-state index >= 15 is 0 Å². The summed E-state index contributed by atoms with van der Waals surface area (Å²) in [6, 6.07) is 19.7. The van der Waals surface area contributed by atoms with E-state index in [0.29, 0.717) is 5.75 Å². The van der Waals surface area contributed by atoms with Crippen molar-refractivity contribution in [2.75, 3.05) is 5.75 Å². The van der Waals surface area contributed by atoms with Crippen molar-refractivity contribution < 1.29 is 5.11 Å². The molecule has 0 amide bonds. The first-order valence-corrected chi connectivity index (χ1v) is 8.74. The Hall–Kier alpha value is -1.78. The minimum absolute atomic E-state index is 0.248. The van der Waals surface area contributed by atoms with Crippen molar-refractivity contribution in [2.45, 2.75) is 32.0 Å². The van der Waals surface area contributed by atoms with Crippen molar-refractivity contribution in [1.82, 2.24) is 4.90 Å². The van der Waals surface area contributed by atoms with Gasteiger partial charge in [0.1, 0.15) is 0 Å². The Kier molecular flexibility index (Phi) is 4.21. The van der Waals surface area contributed by atoms with Gasteiger partial charge >= 0.3 is 0 Å². The van der Waals surface area contributed by atoms with Crippen LogP contribution in [-0.2, 0) is 5.72 Å². The number of aliphatic imine (C=N–C) groups is 1. The van der Waals surface area contributed by atoms with E-state index in [0.717, 1.165) is 16.4 Å². The van der Waals surface area contributed by atoms with Gasteiger partial charge in [0.2, 0.25) is 0 Å². The molecule has 23 heavy (non-hydrogen) atoms. The average molecular weight is 326 g/mol. The van der Waals surface area contributed by atoms with E-state index in [2.05, 4.69) is 20.8 Å². The molecule has 1 heterocycles. The third kappa shape index (κ3) is 3.14. The van der Waals surface area contributed by atoms with Crippen LogP contribution < -0.4 is 0 Å². The highest BCUT2D eigenvalue weighted by atomic mass is 32.2. The number of aliphatic hydroxyl groups is 1. The summed E-state index contributed by atoms with van der Waals surface area (Å²) in [6.45, 7) is 6.31. The van der Waals surface area contributed by atoms with Crippen LogP contribution in [0, 0.1) is 0 Å². The molecule has 0 spiro atoms. The van der Waals surface area contributed by atoms with Gasteiger partial charge in [0.05, 0.1) is 11.4 Å². The van der Waals surface area contributed by atoms with Gasteiger partial charge in [0, 0.05) is 11.1 Å². The summed E-state index contributed by atoms with van der Waals surface area (Å²) >= 11 is 1.60. The normalized spacial score (nSPS) is 23.5. The predicted molar refractivity (Wildman–Crippen MR) is 97.9 cm³/mol. The molecule has 1 atom stereocenters. The van der Waals surface area contributed by atoms with Gasteiger partial charge < -0.3 is 10.0 Å². The first kappa shape index (κ1) is 16.1. The van der Waals surface area contributed by atoms with Crippen LogP contribution in [0.25, 0.3) is 0 Å². The van der Waals surface area contributed by atoms with Crippen LogP contribution in [0.15, 0.2) is 65.7 Å². The fourth-order valence-corrected chi connectivity index (χ4v) is 4.26. The summed E-state index contributed by atoms with van der Waals surface area (Å²) in [7, 11) is 0. The number of amidine groups is 1. The molecule has 1 aliphatic rings. The zero-order chi connectivity index (χ0) is 16.5. The van der Waals surface area contributed by atoms with E-state index < -0.39 is 5.72 Å². The van der Waals surface area contributed by atoms with E-state index in [1.165, 1.54) is 0 Å². The lowest BCUT2D eigenvalue weighted by Gasteiger charge is -2.43. The molecule has 0 aliphatic carbocycles. The van der Waals surface area contributed by atoms with Crippen molar-refractivity contribution in [1.29, 1.82) is 0 Å². The SMILES string of the molecule is CC(C)(C)N1C(=Nc2ccccc2)SC[C@@]1(O)c1ccccc1. The molecule has 0 aromatic heterocycles. The standard InChI is InChI=1S/C19H22N2OS/c1-18(2,3)21-17(20-16-12-8-5-9-13-16)23-14-19(21,22)15-10-6-4-7-11-15/h4-13,22H,14H2,1-3H3/t19-/m1/s1. The number of benzene rings is 2. The van der Waals surface area contributed by atoms with Gasteiger partial charge in [-0.15, -0.1) is 0 Å². The van der Waals surface area contributed by atoms with Crippen LogP contribution in [-0.4, -0.2) is 26.5 Å². The molecule has 0 saturated carbocycles. The lowest BCUT2D eigenvalue weighted by Crippen LogP contribution is -2.54. The largest absolute Gasteiger partial charge is 0.366 e. The van der Waals surface area contributed by atoms with Gasteiger partial charge in [-0.05, 0) is 32.9 Å². The second kappa shape index (κ2) is 6.02. The van der Waals surface area contributed by atoms with Crippen molar-refractivity contribution in [3.8, 4) is 0 Å². The van der Waals surface area contributed by atoms with Crippen molar-refractivity contribution in [3.63, 3.8) is 0 Å². The highest BCUT2D eigenvalue weighted by Gasteiger charge is 2.49.